The summed E-state index contributed by atoms with van der Waals surface area (Å²) in [4.78, 5) is 38.5. The molecule has 4 heterocycles. The summed E-state index contributed by atoms with van der Waals surface area (Å²) in [6.07, 6.45) is 3.82. The lowest BCUT2D eigenvalue weighted by Gasteiger charge is -2.33. The highest BCUT2D eigenvalue weighted by Gasteiger charge is 2.41. The largest absolute Gasteiger partial charge is 0.381 e. The minimum absolute atomic E-state index is 0.109. The van der Waals surface area contributed by atoms with Gasteiger partial charge >= 0.3 is 0 Å². The molecule has 0 radical (unpaired) electrons. The van der Waals surface area contributed by atoms with Crippen molar-refractivity contribution in [3.63, 3.8) is 0 Å². The predicted octanol–water partition coefficient (Wildman–Crippen LogP) is 0.448. The molecule has 4 aliphatic heterocycles. The third-order valence-electron chi connectivity index (χ3n) is 7.03. The van der Waals surface area contributed by atoms with Crippen LogP contribution in [0.15, 0.2) is 18.2 Å². The molecular weight excluding hydrogens is 384 g/mol. The fraction of sp³-hybridized carbons (Fsp3) is 0.591. The second kappa shape index (κ2) is 7.76. The van der Waals surface area contributed by atoms with Crippen LogP contribution >= 0.6 is 0 Å². The Bertz CT molecular complexity index is 880. The maximum Gasteiger partial charge on any atom is 0.255 e. The molecule has 0 saturated carbocycles. The number of imide groups is 1. The molecule has 160 valence electrons. The van der Waals surface area contributed by atoms with E-state index in [0.717, 1.165) is 50.1 Å². The molecule has 5 rings (SSSR count). The molecule has 3 fully saturated rings. The van der Waals surface area contributed by atoms with E-state index in [1.165, 1.54) is 0 Å². The van der Waals surface area contributed by atoms with Crippen molar-refractivity contribution in [1.82, 2.24) is 20.9 Å². The number of hydrogen-bond donors (Lipinski definition) is 3. The van der Waals surface area contributed by atoms with Crippen LogP contribution in [0.2, 0.25) is 0 Å². The number of benzene rings is 1. The minimum Gasteiger partial charge on any atom is -0.381 e. The zero-order chi connectivity index (χ0) is 20.7. The van der Waals surface area contributed by atoms with Gasteiger partial charge in [-0.1, -0.05) is 18.2 Å². The molecule has 1 aromatic rings. The van der Waals surface area contributed by atoms with E-state index in [1.54, 1.807) is 4.90 Å². The molecule has 0 aliphatic carbocycles. The van der Waals surface area contributed by atoms with Gasteiger partial charge in [-0.05, 0) is 36.8 Å². The first-order valence-electron chi connectivity index (χ1n) is 10.9. The molecule has 3 saturated heterocycles. The molecule has 2 unspecified atom stereocenters. The molecule has 8 heteroatoms. The smallest absolute Gasteiger partial charge is 0.255 e. The molecular formula is C22H28N4O4. The summed E-state index contributed by atoms with van der Waals surface area (Å²) in [6.45, 7) is 3.60. The summed E-state index contributed by atoms with van der Waals surface area (Å²) < 4.78 is 5.51. The van der Waals surface area contributed by atoms with Crippen LogP contribution in [0.3, 0.4) is 0 Å². The van der Waals surface area contributed by atoms with Gasteiger partial charge in [-0.15, -0.1) is 0 Å². The topological polar surface area (TPSA) is 99.8 Å². The standard InChI is InChI=1S/C22H28N4O4/c27-18-5-4-17(20(28)25-18)26-13-15-3-1-2-14(19(15)21(26)29)11-23-16-10-22(24-12-16)6-8-30-9-7-22/h1-3,16-17,23-24H,4-13H2,(H,25,27,28). The molecule has 3 amide bonds. The van der Waals surface area contributed by atoms with Gasteiger partial charge in [0.25, 0.3) is 5.91 Å². The van der Waals surface area contributed by atoms with Crippen molar-refractivity contribution < 1.29 is 19.1 Å². The highest BCUT2D eigenvalue weighted by atomic mass is 16.5. The van der Waals surface area contributed by atoms with Crippen LogP contribution in [0, 0.1) is 0 Å². The number of hydrogen-bond acceptors (Lipinski definition) is 6. The number of fused-ring (bicyclic) bond motifs is 1. The maximum absolute atomic E-state index is 13.2. The molecule has 0 bridgehead atoms. The lowest BCUT2D eigenvalue weighted by molar-refractivity contribution is -0.136. The fourth-order valence-electron chi connectivity index (χ4n) is 5.33. The van der Waals surface area contributed by atoms with Gasteiger partial charge in [0.15, 0.2) is 0 Å². The van der Waals surface area contributed by atoms with Crippen molar-refractivity contribution in [2.75, 3.05) is 19.8 Å². The molecule has 8 nitrogen and oxygen atoms in total. The fourth-order valence-corrected chi connectivity index (χ4v) is 5.33. The average Bonchev–Trinajstić information content (AvgIpc) is 3.28. The van der Waals surface area contributed by atoms with Crippen molar-refractivity contribution >= 4 is 17.7 Å². The Balaban J connectivity index is 1.26. The Kier molecular flexibility index (Phi) is 5.08. The van der Waals surface area contributed by atoms with E-state index in [9.17, 15) is 14.4 Å². The van der Waals surface area contributed by atoms with Crippen LogP contribution in [-0.2, 0) is 27.4 Å². The van der Waals surface area contributed by atoms with E-state index in [2.05, 4.69) is 16.0 Å². The van der Waals surface area contributed by atoms with Crippen LogP contribution in [0.25, 0.3) is 0 Å². The Morgan fingerprint density at radius 2 is 2.03 bits per heavy atom. The van der Waals surface area contributed by atoms with Crippen molar-refractivity contribution in [3.05, 3.63) is 34.9 Å². The van der Waals surface area contributed by atoms with E-state index in [0.29, 0.717) is 31.1 Å². The van der Waals surface area contributed by atoms with Crippen molar-refractivity contribution in [1.29, 1.82) is 0 Å². The van der Waals surface area contributed by atoms with Crippen molar-refractivity contribution in [2.45, 2.75) is 62.8 Å². The first-order valence-corrected chi connectivity index (χ1v) is 10.9. The molecule has 30 heavy (non-hydrogen) atoms. The number of carbonyl (C=O) groups is 3. The first-order chi connectivity index (χ1) is 14.5. The summed E-state index contributed by atoms with van der Waals surface area (Å²) in [7, 11) is 0. The third kappa shape index (κ3) is 3.53. The van der Waals surface area contributed by atoms with Crippen LogP contribution in [0.4, 0.5) is 0 Å². The molecule has 3 N–H and O–H groups in total. The number of rotatable bonds is 4. The van der Waals surface area contributed by atoms with Crippen LogP contribution in [-0.4, -0.2) is 60.0 Å². The summed E-state index contributed by atoms with van der Waals surface area (Å²) in [5.74, 6) is -0.744. The predicted molar refractivity (Wildman–Crippen MR) is 109 cm³/mol. The second-order valence-corrected chi connectivity index (χ2v) is 8.91. The number of ether oxygens (including phenoxy) is 1. The second-order valence-electron chi connectivity index (χ2n) is 8.91. The van der Waals surface area contributed by atoms with Crippen LogP contribution < -0.4 is 16.0 Å². The normalized spacial score (nSPS) is 28.1. The Hall–Kier alpha value is -2.29. The first kappa shape index (κ1) is 19.7. The Labute approximate surface area is 175 Å². The quantitative estimate of drug-likeness (QED) is 0.621. The highest BCUT2D eigenvalue weighted by molar-refractivity contribution is 6.05. The van der Waals surface area contributed by atoms with Gasteiger partial charge in [0.05, 0.1) is 0 Å². The highest BCUT2D eigenvalue weighted by Crippen LogP contribution is 2.32. The van der Waals surface area contributed by atoms with Gasteiger partial charge in [0.2, 0.25) is 11.8 Å². The lowest BCUT2D eigenvalue weighted by atomic mass is 9.87. The summed E-state index contributed by atoms with van der Waals surface area (Å²) in [5.41, 5.74) is 2.82. The average molecular weight is 412 g/mol. The van der Waals surface area contributed by atoms with Gasteiger partial charge in [0, 0.05) is 56.4 Å². The van der Waals surface area contributed by atoms with E-state index in [-0.39, 0.29) is 29.7 Å². The van der Waals surface area contributed by atoms with Gasteiger partial charge in [-0.3, -0.25) is 19.7 Å². The molecule has 4 aliphatic rings. The van der Waals surface area contributed by atoms with Crippen molar-refractivity contribution in [3.8, 4) is 0 Å². The molecule has 1 spiro atoms. The number of piperidine rings is 1. The lowest BCUT2D eigenvalue weighted by Crippen LogP contribution is -2.52. The van der Waals surface area contributed by atoms with E-state index in [4.69, 9.17) is 4.74 Å². The van der Waals surface area contributed by atoms with E-state index in [1.807, 2.05) is 18.2 Å². The SMILES string of the molecule is O=C1CCC(N2Cc3cccc(CNC4CNC5(CCOCC5)C4)c3C2=O)C(=O)N1. The Morgan fingerprint density at radius 3 is 2.83 bits per heavy atom. The Morgan fingerprint density at radius 1 is 1.20 bits per heavy atom. The molecule has 0 aromatic heterocycles. The summed E-state index contributed by atoms with van der Waals surface area (Å²) in [5, 5.41) is 9.68. The van der Waals surface area contributed by atoms with Crippen LogP contribution in [0.1, 0.15) is 53.6 Å². The third-order valence-corrected chi connectivity index (χ3v) is 7.03. The van der Waals surface area contributed by atoms with E-state index < -0.39 is 6.04 Å². The summed E-state index contributed by atoms with van der Waals surface area (Å²) >= 11 is 0. The van der Waals surface area contributed by atoms with Crippen LogP contribution in [0.5, 0.6) is 0 Å². The maximum atomic E-state index is 13.2. The number of carbonyl (C=O) groups excluding carboxylic acids is 3. The zero-order valence-corrected chi connectivity index (χ0v) is 17.0. The molecule has 1 aromatic carbocycles. The van der Waals surface area contributed by atoms with Gasteiger partial charge in [-0.2, -0.15) is 0 Å². The number of nitrogens with zero attached hydrogens (tertiary/aromatic N) is 1. The zero-order valence-electron chi connectivity index (χ0n) is 17.0. The monoisotopic (exact) mass is 412 g/mol. The number of nitrogens with one attached hydrogen (secondary N) is 3. The van der Waals surface area contributed by atoms with Gasteiger partial charge in [0.1, 0.15) is 6.04 Å². The van der Waals surface area contributed by atoms with Gasteiger partial charge in [-0.25, -0.2) is 0 Å². The van der Waals surface area contributed by atoms with Gasteiger partial charge < -0.3 is 20.3 Å². The molecule has 2 atom stereocenters. The minimum atomic E-state index is -0.573. The number of amides is 3. The van der Waals surface area contributed by atoms with Crippen molar-refractivity contribution in [2.24, 2.45) is 0 Å². The van der Waals surface area contributed by atoms with E-state index >= 15 is 0 Å². The summed E-state index contributed by atoms with van der Waals surface area (Å²) in [6, 6.07) is 5.71.